The number of aryl methyl sites for hydroxylation is 1. The normalized spacial score (nSPS) is 11.5. The maximum atomic E-state index is 13.1. The van der Waals surface area contributed by atoms with Crippen molar-refractivity contribution < 1.29 is 23.9 Å². The molecule has 0 aliphatic heterocycles. The number of hydrogen-bond donors (Lipinski definition) is 4. The zero-order valence-electron chi connectivity index (χ0n) is 17.3. The van der Waals surface area contributed by atoms with Gasteiger partial charge in [-0.3, -0.25) is 14.4 Å². The molecule has 0 saturated carbocycles. The summed E-state index contributed by atoms with van der Waals surface area (Å²) in [5, 5.41) is 18.5. The molecular formula is C22H21FN4O4S. The number of rotatable bonds is 6. The van der Waals surface area contributed by atoms with E-state index in [2.05, 4.69) is 20.9 Å². The second kappa shape index (κ2) is 10.1. The second-order valence-corrected chi connectivity index (χ2v) is 7.95. The predicted molar refractivity (Wildman–Crippen MR) is 120 cm³/mol. The average Bonchev–Trinajstić information content (AvgIpc) is 3.13. The van der Waals surface area contributed by atoms with Gasteiger partial charge < -0.3 is 21.1 Å². The summed E-state index contributed by atoms with van der Waals surface area (Å²) in [7, 11) is 0. The minimum absolute atomic E-state index is 0.190. The molecule has 0 radical (unpaired) electrons. The van der Waals surface area contributed by atoms with Gasteiger partial charge in [-0.15, -0.1) is 11.3 Å². The first-order valence-electron chi connectivity index (χ1n) is 9.61. The Hall–Kier alpha value is -3.63. The summed E-state index contributed by atoms with van der Waals surface area (Å²) < 4.78 is 13.1. The Kier molecular flexibility index (Phi) is 7.29. The number of halogens is 1. The van der Waals surface area contributed by atoms with Crippen LogP contribution < -0.4 is 16.0 Å². The van der Waals surface area contributed by atoms with Crippen LogP contribution in [0.5, 0.6) is 0 Å². The Bertz CT molecular complexity index is 1150. The molecule has 0 saturated heterocycles. The average molecular weight is 456 g/mol. The third-order valence-corrected chi connectivity index (χ3v) is 5.64. The summed E-state index contributed by atoms with van der Waals surface area (Å²) in [6.45, 7) is 2.89. The molecule has 4 N–H and O–H groups in total. The molecule has 1 aromatic heterocycles. The lowest BCUT2D eigenvalue weighted by atomic mass is 10.2. The third kappa shape index (κ3) is 5.96. The third-order valence-electron chi connectivity index (χ3n) is 4.33. The van der Waals surface area contributed by atoms with Crippen LogP contribution in [-0.4, -0.2) is 34.4 Å². The lowest BCUT2D eigenvalue weighted by Gasteiger charge is -2.11. The fourth-order valence-electron chi connectivity index (χ4n) is 2.86. The molecule has 0 fully saturated rings. The molecule has 1 atom stereocenters. The summed E-state index contributed by atoms with van der Waals surface area (Å²) in [5.41, 5.74) is 2.10. The molecule has 1 unspecified atom stereocenters. The smallest absolute Gasteiger partial charge is 0.313 e. The number of nitrogens with zero attached hydrogens (tertiary/aromatic N) is 1. The number of hydrogen-bond acceptors (Lipinski definition) is 6. The van der Waals surface area contributed by atoms with Gasteiger partial charge in [0, 0.05) is 30.4 Å². The molecule has 3 amide bonds. The maximum Gasteiger partial charge on any atom is 0.313 e. The minimum atomic E-state index is -1.07. The van der Waals surface area contributed by atoms with Gasteiger partial charge in [0.2, 0.25) is 5.91 Å². The molecule has 3 aromatic rings. The van der Waals surface area contributed by atoms with Gasteiger partial charge in [0.25, 0.3) is 0 Å². The Labute approximate surface area is 187 Å². The van der Waals surface area contributed by atoms with E-state index in [9.17, 15) is 23.9 Å². The Morgan fingerprint density at radius 1 is 1.06 bits per heavy atom. The lowest BCUT2D eigenvalue weighted by molar-refractivity contribution is -0.136. The van der Waals surface area contributed by atoms with Gasteiger partial charge >= 0.3 is 11.8 Å². The number of thiazole rings is 1. The molecule has 2 aromatic carbocycles. The van der Waals surface area contributed by atoms with Crippen LogP contribution in [0.1, 0.15) is 23.6 Å². The van der Waals surface area contributed by atoms with Gasteiger partial charge in [0.1, 0.15) is 16.9 Å². The Balaban J connectivity index is 1.58. The first kappa shape index (κ1) is 23.0. The van der Waals surface area contributed by atoms with Gasteiger partial charge in [0.05, 0.1) is 10.6 Å². The van der Waals surface area contributed by atoms with E-state index in [4.69, 9.17) is 0 Å². The highest BCUT2D eigenvalue weighted by atomic mass is 32.1. The van der Waals surface area contributed by atoms with Crippen LogP contribution >= 0.6 is 11.3 Å². The van der Waals surface area contributed by atoms with Crippen molar-refractivity contribution in [3.8, 4) is 10.6 Å². The van der Waals surface area contributed by atoms with Crippen LogP contribution in [0.2, 0.25) is 0 Å². The zero-order valence-corrected chi connectivity index (χ0v) is 18.1. The van der Waals surface area contributed by atoms with E-state index < -0.39 is 17.9 Å². The minimum Gasteiger partial charge on any atom is -0.386 e. The van der Waals surface area contributed by atoms with Crippen LogP contribution in [0.25, 0.3) is 10.6 Å². The summed E-state index contributed by atoms with van der Waals surface area (Å²) in [5.74, 6) is -2.45. The molecule has 8 nitrogen and oxygen atoms in total. The number of aliphatic hydroxyl groups excluding tert-OH is 1. The van der Waals surface area contributed by atoms with Gasteiger partial charge in [0.15, 0.2) is 0 Å². The largest absolute Gasteiger partial charge is 0.386 e. The van der Waals surface area contributed by atoms with E-state index in [1.54, 1.807) is 37.3 Å². The number of amides is 3. The number of carbonyl (C=O) groups excluding carboxylic acids is 3. The van der Waals surface area contributed by atoms with E-state index in [1.165, 1.54) is 36.5 Å². The van der Waals surface area contributed by atoms with E-state index in [-0.39, 0.29) is 18.3 Å². The first-order chi connectivity index (χ1) is 15.2. The Morgan fingerprint density at radius 2 is 1.72 bits per heavy atom. The SMILES string of the molecule is CC(=O)Nc1cccc(NC(=O)C(=O)NCC(O)c2sc(-c3ccc(F)cc3)nc2C)c1. The molecule has 0 aliphatic carbocycles. The molecule has 3 rings (SSSR count). The molecular weight excluding hydrogens is 435 g/mol. The van der Waals surface area contributed by atoms with Gasteiger partial charge in [-0.05, 0) is 49.4 Å². The standard InChI is InChI=1S/C22H21FN4O4S/c1-12-19(32-22(25-12)14-6-8-15(23)9-7-14)18(29)11-24-20(30)21(31)27-17-5-3-4-16(10-17)26-13(2)28/h3-10,18,29H,11H2,1-2H3,(H,24,30)(H,26,28)(H,27,31). The van der Waals surface area contributed by atoms with E-state index in [1.807, 2.05) is 0 Å². The zero-order chi connectivity index (χ0) is 23.3. The monoisotopic (exact) mass is 456 g/mol. The van der Waals surface area contributed by atoms with Crippen molar-refractivity contribution in [2.75, 3.05) is 17.2 Å². The highest BCUT2D eigenvalue weighted by Crippen LogP contribution is 2.31. The van der Waals surface area contributed by atoms with Crippen molar-refractivity contribution >= 4 is 40.4 Å². The van der Waals surface area contributed by atoms with Crippen LogP contribution in [0.4, 0.5) is 15.8 Å². The van der Waals surface area contributed by atoms with Crippen molar-refractivity contribution in [3.05, 3.63) is 64.9 Å². The van der Waals surface area contributed by atoms with Crippen LogP contribution in [-0.2, 0) is 14.4 Å². The van der Waals surface area contributed by atoms with Crippen LogP contribution in [0.15, 0.2) is 48.5 Å². The molecule has 1 heterocycles. The maximum absolute atomic E-state index is 13.1. The Morgan fingerprint density at radius 3 is 2.38 bits per heavy atom. The van der Waals surface area contributed by atoms with Crippen molar-refractivity contribution in [2.24, 2.45) is 0 Å². The molecule has 32 heavy (non-hydrogen) atoms. The number of benzene rings is 2. The second-order valence-electron chi connectivity index (χ2n) is 6.92. The number of aromatic nitrogens is 1. The lowest BCUT2D eigenvalue weighted by Crippen LogP contribution is -2.37. The first-order valence-corrected chi connectivity index (χ1v) is 10.4. The van der Waals surface area contributed by atoms with E-state index in [0.717, 1.165) is 0 Å². The molecule has 0 bridgehead atoms. The fourth-order valence-corrected chi connectivity index (χ4v) is 3.92. The quantitative estimate of drug-likeness (QED) is 0.425. The number of anilines is 2. The highest BCUT2D eigenvalue weighted by Gasteiger charge is 2.20. The van der Waals surface area contributed by atoms with E-state index in [0.29, 0.717) is 32.5 Å². The number of nitrogens with one attached hydrogen (secondary N) is 3. The summed E-state index contributed by atoms with van der Waals surface area (Å²) >= 11 is 1.23. The van der Waals surface area contributed by atoms with Crippen molar-refractivity contribution in [2.45, 2.75) is 20.0 Å². The summed E-state index contributed by atoms with van der Waals surface area (Å²) in [6, 6.07) is 12.2. The summed E-state index contributed by atoms with van der Waals surface area (Å²) in [6.07, 6.45) is -1.07. The van der Waals surface area contributed by atoms with Gasteiger partial charge in [-0.2, -0.15) is 0 Å². The van der Waals surface area contributed by atoms with Crippen LogP contribution in [0.3, 0.4) is 0 Å². The number of carbonyl (C=O) groups is 3. The summed E-state index contributed by atoms with van der Waals surface area (Å²) in [4.78, 5) is 40.3. The topological polar surface area (TPSA) is 120 Å². The van der Waals surface area contributed by atoms with Crippen molar-refractivity contribution in [1.29, 1.82) is 0 Å². The fraction of sp³-hybridized carbons (Fsp3) is 0.182. The van der Waals surface area contributed by atoms with Crippen LogP contribution in [0, 0.1) is 12.7 Å². The highest BCUT2D eigenvalue weighted by molar-refractivity contribution is 7.15. The molecule has 10 heteroatoms. The molecule has 0 aliphatic rings. The number of aliphatic hydroxyl groups is 1. The van der Waals surface area contributed by atoms with Gasteiger partial charge in [-0.1, -0.05) is 6.07 Å². The predicted octanol–water partition coefficient (Wildman–Crippen LogP) is 3.00. The van der Waals surface area contributed by atoms with Gasteiger partial charge in [-0.25, -0.2) is 9.37 Å². The van der Waals surface area contributed by atoms with E-state index >= 15 is 0 Å². The molecule has 0 spiro atoms. The van der Waals surface area contributed by atoms with Crippen molar-refractivity contribution in [1.82, 2.24) is 10.3 Å². The molecule has 166 valence electrons. The van der Waals surface area contributed by atoms with Crippen molar-refractivity contribution in [3.63, 3.8) is 0 Å².